The van der Waals surface area contributed by atoms with Gasteiger partial charge in [0.2, 0.25) is 5.88 Å². The lowest BCUT2D eigenvalue weighted by atomic mass is 10.2. The smallest absolute Gasteiger partial charge is 0.337 e. The van der Waals surface area contributed by atoms with Crippen molar-refractivity contribution in [3.8, 4) is 5.88 Å². The number of benzene rings is 1. The average Bonchev–Trinajstić information content (AvgIpc) is 2.54. The number of anilines is 1. The zero-order chi connectivity index (χ0) is 15.2. The summed E-state index contributed by atoms with van der Waals surface area (Å²) in [6.07, 6.45) is 1.24. The van der Waals surface area contributed by atoms with Gasteiger partial charge in [0.1, 0.15) is 12.0 Å². The van der Waals surface area contributed by atoms with Crippen LogP contribution in [0.4, 0.5) is 5.69 Å². The van der Waals surface area contributed by atoms with E-state index in [-0.39, 0.29) is 5.69 Å². The highest BCUT2D eigenvalue weighted by Crippen LogP contribution is 2.12. The number of esters is 1. The predicted molar refractivity (Wildman–Crippen MR) is 74.3 cm³/mol. The molecular formula is C14H13N3O4. The number of amides is 1. The zero-order valence-corrected chi connectivity index (χ0v) is 11.5. The molecule has 0 bridgehead atoms. The Morgan fingerprint density at radius 2 is 1.81 bits per heavy atom. The Bertz CT molecular complexity index is 656. The van der Waals surface area contributed by atoms with Crippen molar-refractivity contribution in [1.29, 1.82) is 0 Å². The van der Waals surface area contributed by atoms with Crippen LogP contribution in [0.2, 0.25) is 0 Å². The van der Waals surface area contributed by atoms with Crippen LogP contribution in [0.25, 0.3) is 0 Å². The molecule has 0 aliphatic rings. The van der Waals surface area contributed by atoms with E-state index >= 15 is 0 Å². The van der Waals surface area contributed by atoms with Crippen LogP contribution in [0, 0.1) is 0 Å². The summed E-state index contributed by atoms with van der Waals surface area (Å²) in [4.78, 5) is 31.0. The Balaban J connectivity index is 2.10. The standard InChI is InChI=1S/C14H13N3O4/c1-20-12-7-11(15-8-16-12)13(18)17-10-5-3-9(4-6-10)14(19)21-2/h3-8H,1-2H3,(H,17,18). The van der Waals surface area contributed by atoms with Crippen molar-refractivity contribution in [2.24, 2.45) is 0 Å². The van der Waals surface area contributed by atoms with Crippen LogP contribution >= 0.6 is 0 Å². The van der Waals surface area contributed by atoms with Gasteiger partial charge in [-0.25, -0.2) is 14.8 Å². The Hall–Kier alpha value is -2.96. The maximum absolute atomic E-state index is 12.0. The van der Waals surface area contributed by atoms with E-state index in [0.717, 1.165) is 0 Å². The van der Waals surface area contributed by atoms with Gasteiger partial charge in [-0.2, -0.15) is 0 Å². The molecule has 0 unspecified atom stereocenters. The summed E-state index contributed by atoms with van der Waals surface area (Å²) in [6, 6.07) is 7.74. The maximum Gasteiger partial charge on any atom is 0.337 e. The molecule has 1 aromatic carbocycles. The Morgan fingerprint density at radius 1 is 1.10 bits per heavy atom. The van der Waals surface area contributed by atoms with Gasteiger partial charge >= 0.3 is 5.97 Å². The van der Waals surface area contributed by atoms with Crippen LogP contribution in [-0.2, 0) is 4.74 Å². The first-order chi connectivity index (χ1) is 10.1. The summed E-state index contributed by atoms with van der Waals surface area (Å²) >= 11 is 0. The predicted octanol–water partition coefficient (Wildman–Crippen LogP) is 1.52. The summed E-state index contributed by atoms with van der Waals surface area (Å²) in [5.41, 5.74) is 1.11. The van der Waals surface area contributed by atoms with Gasteiger partial charge in [0.15, 0.2) is 0 Å². The van der Waals surface area contributed by atoms with Crippen LogP contribution in [0.3, 0.4) is 0 Å². The van der Waals surface area contributed by atoms with Crippen molar-refractivity contribution in [1.82, 2.24) is 9.97 Å². The molecule has 0 fully saturated rings. The fraction of sp³-hybridized carbons (Fsp3) is 0.143. The molecule has 7 nitrogen and oxygen atoms in total. The number of nitrogens with one attached hydrogen (secondary N) is 1. The van der Waals surface area contributed by atoms with Crippen LogP contribution < -0.4 is 10.1 Å². The summed E-state index contributed by atoms with van der Waals surface area (Å²) < 4.78 is 9.52. The molecule has 0 atom stereocenters. The van der Waals surface area contributed by atoms with Gasteiger partial charge in [-0.1, -0.05) is 0 Å². The van der Waals surface area contributed by atoms with Crippen LogP contribution in [0.5, 0.6) is 5.88 Å². The van der Waals surface area contributed by atoms with E-state index in [1.807, 2.05) is 0 Å². The van der Waals surface area contributed by atoms with Gasteiger partial charge < -0.3 is 14.8 Å². The number of aromatic nitrogens is 2. The molecule has 0 radical (unpaired) electrons. The second-order valence-corrected chi connectivity index (χ2v) is 3.97. The first kappa shape index (κ1) is 14.4. The van der Waals surface area contributed by atoms with Gasteiger partial charge in [-0.15, -0.1) is 0 Å². The van der Waals surface area contributed by atoms with E-state index in [4.69, 9.17) is 4.74 Å². The van der Waals surface area contributed by atoms with Crippen molar-refractivity contribution in [2.45, 2.75) is 0 Å². The molecule has 0 aliphatic heterocycles. The van der Waals surface area contributed by atoms with Crippen molar-refractivity contribution in [3.63, 3.8) is 0 Å². The van der Waals surface area contributed by atoms with Crippen molar-refractivity contribution in [2.75, 3.05) is 19.5 Å². The molecule has 2 rings (SSSR count). The van der Waals surface area contributed by atoms with Gasteiger partial charge in [0.05, 0.1) is 19.8 Å². The van der Waals surface area contributed by atoms with Crippen molar-refractivity contribution < 1.29 is 19.1 Å². The molecule has 0 aliphatic carbocycles. The first-order valence-corrected chi connectivity index (χ1v) is 6.00. The van der Waals surface area contributed by atoms with E-state index in [1.165, 1.54) is 26.6 Å². The monoisotopic (exact) mass is 287 g/mol. The summed E-state index contributed by atoms with van der Waals surface area (Å²) in [5, 5.41) is 2.66. The lowest BCUT2D eigenvalue weighted by Crippen LogP contribution is -2.14. The molecule has 0 saturated carbocycles. The minimum atomic E-state index is -0.437. The highest BCUT2D eigenvalue weighted by Gasteiger charge is 2.10. The molecule has 1 N–H and O–H groups in total. The van der Waals surface area contributed by atoms with E-state index in [0.29, 0.717) is 17.1 Å². The number of carbonyl (C=O) groups excluding carboxylic acids is 2. The molecular weight excluding hydrogens is 274 g/mol. The minimum absolute atomic E-state index is 0.180. The molecule has 1 amide bonds. The van der Waals surface area contributed by atoms with Crippen molar-refractivity contribution >= 4 is 17.6 Å². The summed E-state index contributed by atoms with van der Waals surface area (Å²) in [5.74, 6) is -0.536. The molecule has 7 heteroatoms. The van der Waals surface area contributed by atoms with E-state index < -0.39 is 11.9 Å². The quantitative estimate of drug-likeness (QED) is 0.857. The Kier molecular flexibility index (Phi) is 4.45. The molecule has 21 heavy (non-hydrogen) atoms. The fourth-order valence-corrected chi connectivity index (χ4v) is 1.58. The zero-order valence-electron chi connectivity index (χ0n) is 11.5. The number of ether oxygens (including phenoxy) is 2. The number of hydrogen-bond donors (Lipinski definition) is 1. The number of nitrogens with zero attached hydrogens (tertiary/aromatic N) is 2. The lowest BCUT2D eigenvalue weighted by Gasteiger charge is -2.06. The van der Waals surface area contributed by atoms with E-state index in [2.05, 4.69) is 20.0 Å². The summed E-state index contributed by atoms with van der Waals surface area (Å²) in [7, 11) is 2.76. The maximum atomic E-state index is 12.0. The normalized spacial score (nSPS) is 9.81. The SMILES string of the molecule is COC(=O)c1ccc(NC(=O)c2cc(OC)ncn2)cc1. The molecule has 108 valence electrons. The van der Waals surface area contributed by atoms with Crippen LogP contribution in [0.1, 0.15) is 20.8 Å². The highest BCUT2D eigenvalue weighted by molar-refractivity contribution is 6.03. The van der Waals surface area contributed by atoms with Gasteiger partial charge in [-0.05, 0) is 24.3 Å². The second kappa shape index (κ2) is 6.47. The van der Waals surface area contributed by atoms with Crippen LogP contribution in [0.15, 0.2) is 36.7 Å². The van der Waals surface area contributed by atoms with E-state index in [1.54, 1.807) is 24.3 Å². The lowest BCUT2D eigenvalue weighted by molar-refractivity contribution is 0.0600. The highest BCUT2D eigenvalue weighted by atomic mass is 16.5. The fourth-order valence-electron chi connectivity index (χ4n) is 1.58. The van der Waals surface area contributed by atoms with Gasteiger partial charge in [0, 0.05) is 11.8 Å². The Morgan fingerprint density at radius 3 is 2.43 bits per heavy atom. The molecule has 0 saturated heterocycles. The number of carbonyl (C=O) groups is 2. The summed E-state index contributed by atoms with van der Waals surface area (Å²) in [6.45, 7) is 0. The number of methoxy groups -OCH3 is 2. The number of hydrogen-bond acceptors (Lipinski definition) is 6. The third-order valence-corrected chi connectivity index (χ3v) is 2.65. The molecule has 2 aromatic rings. The van der Waals surface area contributed by atoms with Gasteiger partial charge in [-0.3, -0.25) is 4.79 Å². The molecule has 0 spiro atoms. The Labute approximate surface area is 120 Å². The topological polar surface area (TPSA) is 90.4 Å². The third kappa shape index (κ3) is 3.53. The molecule has 1 heterocycles. The van der Waals surface area contributed by atoms with E-state index in [9.17, 15) is 9.59 Å². The van der Waals surface area contributed by atoms with Gasteiger partial charge in [0.25, 0.3) is 5.91 Å². The molecule has 1 aromatic heterocycles. The minimum Gasteiger partial charge on any atom is -0.481 e. The van der Waals surface area contributed by atoms with Crippen molar-refractivity contribution in [3.05, 3.63) is 47.9 Å². The second-order valence-electron chi connectivity index (χ2n) is 3.97. The third-order valence-electron chi connectivity index (χ3n) is 2.65. The van der Waals surface area contributed by atoms with Crippen LogP contribution in [-0.4, -0.2) is 36.1 Å². The number of rotatable bonds is 4. The first-order valence-electron chi connectivity index (χ1n) is 6.00. The largest absolute Gasteiger partial charge is 0.481 e. The average molecular weight is 287 g/mol.